The van der Waals surface area contributed by atoms with E-state index in [2.05, 4.69) is 11.8 Å². The van der Waals surface area contributed by atoms with Crippen molar-refractivity contribution in [3.05, 3.63) is 70.2 Å². The molecule has 1 N–H and O–H groups in total. The molecule has 0 aliphatic heterocycles. The molecule has 0 aromatic heterocycles. The van der Waals surface area contributed by atoms with Gasteiger partial charge in [-0.05, 0) is 43.7 Å². The fourth-order valence-electron chi connectivity index (χ4n) is 1.68. The molecule has 0 heterocycles. The molecule has 0 saturated carbocycles. The Morgan fingerprint density at radius 1 is 1.00 bits per heavy atom. The third kappa shape index (κ3) is 3.61. The first-order chi connectivity index (χ1) is 8.97. The summed E-state index contributed by atoms with van der Waals surface area (Å²) in [7, 11) is 0. The predicted octanol–water partition coefficient (Wildman–Crippen LogP) is 3.91. The molecule has 1 atom stereocenters. The van der Waals surface area contributed by atoms with Crippen molar-refractivity contribution in [3.63, 3.8) is 0 Å². The van der Waals surface area contributed by atoms with Gasteiger partial charge in [-0.3, -0.25) is 0 Å². The van der Waals surface area contributed by atoms with Gasteiger partial charge in [-0.25, -0.2) is 0 Å². The minimum absolute atomic E-state index is 0.677. The van der Waals surface area contributed by atoms with Crippen molar-refractivity contribution in [3.8, 4) is 11.8 Å². The van der Waals surface area contributed by atoms with Crippen LogP contribution in [-0.4, -0.2) is 5.11 Å². The number of aryl methyl sites for hydroxylation is 1. The van der Waals surface area contributed by atoms with Gasteiger partial charge in [0.25, 0.3) is 0 Å². The molecule has 0 radical (unpaired) electrons. The number of hydrogen-bond acceptors (Lipinski definition) is 1. The van der Waals surface area contributed by atoms with Crippen molar-refractivity contribution in [1.29, 1.82) is 0 Å². The quantitative estimate of drug-likeness (QED) is 0.779. The van der Waals surface area contributed by atoms with Gasteiger partial charge in [0.1, 0.15) is 5.60 Å². The first-order valence-electron chi connectivity index (χ1n) is 6.06. The van der Waals surface area contributed by atoms with Crippen molar-refractivity contribution in [2.45, 2.75) is 19.4 Å². The Bertz CT molecular complexity index is 613. The summed E-state index contributed by atoms with van der Waals surface area (Å²) in [6, 6.07) is 15.0. The standard InChI is InChI=1S/C17H15ClO/c1-13-3-7-15(8-4-13)17(2,19)12-11-14-5-9-16(18)10-6-14/h3-10,19H,1-2H3. The number of hydrogen-bond donors (Lipinski definition) is 1. The van der Waals surface area contributed by atoms with Crippen molar-refractivity contribution in [2.24, 2.45) is 0 Å². The van der Waals surface area contributed by atoms with Gasteiger partial charge in [0, 0.05) is 10.6 Å². The van der Waals surface area contributed by atoms with Gasteiger partial charge in [0.05, 0.1) is 0 Å². The Kier molecular flexibility index (Phi) is 3.95. The van der Waals surface area contributed by atoms with Gasteiger partial charge >= 0.3 is 0 Å². The van der Waals surface area contributed by atoms with Crippen LogP contribution >= 0.6 is 11.6 Å². The zero-order valence-electron chi connectivity index (χ0n) is 10.9. The van der Waals surface area contributed by atoms with E-state index >= 15 is 0 Å². The summed E-state index contributed by atoms with van der Waals surface area (Å²) in [5.41, 5.74) is 1.62. The predicted molar refractivity (Wildman–Crippen MR) is 79.1 cm³/mol. The first kappa shape index (κ1) is 13.7. The van der Waals surface area contributed by atoms with E-state index < -0.39 is 5.60 Å². The summed E-state index contributed by atoms with van der Waals surface area (Å²) in [6.45, 7) is 3.71. The van der Waals surface area contributed by atoms with Gasteiger partial charge in [0.15, 0.2) is 0 Å². The number of rotatable bonds is 1. The lowest BCUT2D eigenvalue weighted by molar-refractivity contribution is 0.122. The largest absolute Gasteiger partial charge is 0.374 e. The summed E-state index contributed by atoms with van der Waals surface area (Å²) in [5, 5.41) is 11.1. The maximum Gasteiger partial charge on any atom is 0.148 e. The van der Waals surface area contributed by atoms with E-state index in [1.165, 1.54) is 0 Å². The molecule has 0 fully saturated rings. The fourth-order valence-corrected chi connectivity index (χ4v) is 1.80. The van der Waals surface area contributed by atoms with E-state index in [4.69, 9.17) is 11.6 Å². The molecular formula is C17H15ClO. The second kappa shape index (κ2) is 5.48. The van der Waals surface area contributed by atoms with Gasteiger partial charge < -0.3 is 5.11 Å². The number of benzene rings is 2. The molecule has 0 saturated heterocycles. The van der Waals surface area contributed by atoms with Gasteiger partial charge in [0.2, 0.25) is 0 Å². The molecule has 0 aliphatic rings. The zero-order valence-corrected chi connectivity index (χ0v) is 11.7. The Hall–Kier alpha value is -1.75. The van der Waals surface area contributed by atoms with E-state index in [0.29, 0.717) is 5.02 Å². The number of aliphatic hydroxyl groups is 1. The fraction of sp³-hybridized carbons (Fsp3) is 0.176. The van der Waals surface area contributed by atoms with Crippen LogP contribution in [-0.2, 0) is 5.60 Å². The highest BCUT2D eigenvalue weighted by atomic mass is 35.5. The van der Waals surface area contributed by atoms with Crippen LogP contribution in [0.2, 0.25) is 5.02 Å². The molecule has 19 heavy (non-hydrogen) atoms. The lowest BCUT2D eigenvalue weighted by Gasteiger charge is -2.16. The van der Waals surface area contributed by atoms with Crippen LogP contribution in [0.4, 0.5) is 0 Å². The molecule has 2 aromatic carbocycles. The van der Waals surface area contributed by atoms with E-state index in [1.54, 1.807) is 19.1 Å². The number of halogens is 1. The van der Waals surface area contributed by atoms with Gasteiger partial charge in [-0.15, -0.1) is 0 Å². The van der Waals surface area contributed by atoms with Crippen LogP contribution < -0.4 is 0 Å². The lowest BCUT2D eigenvalue weighted by atomic mass is 9.95. The average Bonchev–Trinajstić information content (AvgIpc) is 2.39. The summed E-state index contributed by atoms with van der Waals surface area (Å²) in [4.78, 5) is 0. The minimum atomic E-state index is -1.16. The molecular weight excluding hydrogens is 256 g/mol. The highest BCUT2D eigenvalue weighted by Crippen LogP contribution is 2.20. The SMILES string of the molecule is Cc1ccc(C(C)(O)C#Cc2ccc(Cl)cc2)cc1. The summed E-state index contributed by atoms with van der Waals surface area (Å²) in [6.07, 6.45) is 0. The highest BCUT2D eigenvalue weighted by molar-refractivity contribution is 6.30. The molecule has 1 unspecified atom stereocenters. The zero-order chi connectivity index (χ0) is 13.9. The van der Waals surface area contributed by atoms with E-state index in [9.17, 15) is 5.11 Å². The maximum atomic E-state index is 10.4. The molecule has 0 spiro atoms. The van der Waals surface area contributed by atoms with Crippen molar-refractivity contribution in [1.82, 2.24) is 0 Å². The smallest absolute Gasteiger partial charge is 0.148 e. The molecule has 2 aromatic rings. The molecule has 2 rings (SSSR count). The van der Waals surface area contributed by atoms with Crippen LogP contribution in [0.25, 0.3) is 0 Å². The second-order valence-corrected chi connectivity index (χ2v) is 5.13. The van der Waals surface area contributed by atoms with Gasteiger partial charge in [-0.2, -0.15) is 0 Å². The first-order valence-corrected chi connectivity index (χ1v) is 6.43. The monoisotopic (exact) mass is 270 g/mol. The maximum absolute atomic E-state index is 10.4. The molecule has 0 amide bonds. The third-order valence-electron chi connectivity index (χ3n) is 2.91. The van der Waals surface area contributed by atoms with Crippen molar-refractivity contribution < 1.29 is 5.11 Å². The normalized spacial score (nSPS) is 13.3. The minimum Gasteiger partial charge on any atom is -0.374 e. The topological polar surface area (TPSA) is 20.2 Å². The van der Waals surface area contributed by atoms with Crippen LogP contribution in [0.3, 0.4) is 0 Å². The Morgan fingerprint density at radius 2 is 1.58 bits per heavy atom. The highest BCUT2D eigenvalue weighted by Gasteiger charge is 2.19. The summed E-state index contributed by atoms with van der Waals surface area (Å²) >= 11 is 5.81. The van der Waals surface area contributed by atoms with Crippen LogP contribution in [0.1, 0.15) is 23.6 Å². The molecule has 0 aliphatic carbocycles. The van der Waals surface area contributed by atoms with E-state index in [-0.39, 0.29) is 0 Å². The lowest BCUT2D eigenvalue weighted by Crippen LogP contribution is -2.18. The Labute approximate surface area is 118 Å². The van der Waals surface area contributed by atoms with E-state index in [0.717, 1.165) is 16.7 Å². The van der Waals surface area contributed by atoms with Crippen LogP contribution in [0.5, 0.6) is 0 Å². The Morgan fingerprint density at radius 3 is 2.16 bits per heavy atom. The van der Waals surface area contributed by atoms with Crippen LogP contribution in [0, 0.1) is 18.8 Å². The van der Waals surface area contributed by atoms with Crippen molar-refractivity contribution >= 4 is 11.6 Å². The van der Waals surface area contributed by atoms with Crippen molar-refractivity contribution in [2.75, 3.05) is 0 Å². The molecule has 96 valence electrons. The molecule has 0 bridgehead atoms. The summed E-state index contributed by atoms with van der Waals surface area (Å²) in [5.74, 6) is 5.86. The van der Waals surface area contributed by atoms with Gasteiger partial charge in [-0.1, -0.05) is 53.3 Å². The average molecular weight is 271 g/mol. The van der Waals surface area contributed by atoms with E-state index in [1.807, 2.05) is 43.3 Å². The second-order valence-electron chi connectivity index (χ2n) is 4.70. The third-order valence-corrected chi connectivity index (χ3v) is 3.16. The Balaban J connectivity index is 2.26. The van der Waals surface area contributed by atoms with Crippen LogP contribution in [0.15, 0.2) is 48.5 Å². The molecule has 2 heteroatoms. The molecule has 1 nitrogen and oxygen atoms in total. The summed E-state index contributed by atoms with van der Waals surface area (Å²) < 4.78 is 0.